The van der Waals surface area contributed by atoms with Crippen molar-refractivity contribution in [3.8, 4) is 5.75 Å². The number of hydrogen-bond acceptors (Lipinski definition) is 2. The van der Waals surface area contributed by atoms with Crippen LogP contribution in [0.5, 0.6) is 5.75 Å². The average Bonchev–Trinajstić information content (AvgIpc) is 2.11. The summed E-state index contributed by atoms with van der Waals surface area (Å²) in [5, 5.41) is 12.6. The normalized spacial score (nSPS) is 11.8. The molecule has 2 N–H and O–H groups in total. The molecule has 0 bridgehead atoms. The van der Waals surface area contributed by atoms with Gasteiger partial charge in [-0.05, 0) is 33.0 Å². The summed E-state index contributed by atoms with van der Waals surface area (Å²) in [4.78, 5) is 0. The van der Waals surface area contributed by atoms with E-state index in [2.05, 4.69) is 21.2 Å². The molecule has 0 aliphatic carbocycles. The van der Waals surface area contributed by atoms with Crippen LogP contribution in [0.25, 0.3) is 0 Å². The van der Waals surface area contributed by atoms with Gasteiger partial charge in [-0.15, -0.1) is 0 Å². The van der Waals surface area contributed by atoms with Gasteiger partial charge in [-0.2, -0.15) is 0 Å². The average molecular weight is 262 g/mol. The fourth-order valence-corrected chi connectivity index (χ4v) is 1.61. The molecule has 0 spiro atoms. The fraction of sp³-hybridized carbons (Fsp3) is 0.400. The predicted molar refractivity (Wildman–Crippen MR) is 57.9 cm³/mol. The number of hydrogen-bond donors (Lipinski definition) is 2. The second kappa shape index (κ2) is 3.87. The lowest BCUT2D eigenvalue weighted by Gasteiger charge is -2.25. The number of benzene rings is 1. The summed E-state index contributed by atoms with van der Waals surface area (Å²) in [6.45, 7) is 3.74. The number of phenolic OH excluding ortho intramolecular Hbond substituents is 1. The van der Waals surface area contributed by atoms with Crippen molar-refractivity contribution >= 4 is 15.9 Å². The van der Waals surface area contributed by atoms with Crippen LogP contribution in [0.15, 0.2) is 16.6 Å². The van der Waals surface area contributed by atoms with Gasteiger partial charge in [0.1, 0.15) is 0 Å². The van der Waals surface area contributed by atoms with Crippen LogP contribution in [0.1, 0.15) is 19.4 Å². The Morgan fingerprint density at radius 3 is 2.50 bits per heavy atom. The van der Waals surface area contributed by atoms with Crippen molar-refractivity contribution < 1.29 is 9.50 Å². The summed E-state index contributed by atoms with van der Waals surface area (Å²) < 4.78 is 13.8. The zero-order valence-corrected chi connectivity index (χ0v) is 9.94. The molecule has 2 nitrogen and oxygen atoms in total. The minimum atomic E-state index is -0.613. The van der Waals surface area contributed by atoms with Gasteiger partial charge < -0.3 is 10.4 Å². The highest BCUT2D eigenvalue weighted by Gasteiger charge is 2.24. The molecule has 0 fully saturated rings. The standard InChI is InChI=1S/C10H13BrFNO/c1-10(2,13-3)7-4-6(11)5-8(12)9(7)14/h4-5,13-14H,1-3H3. The van der Waals surface area contributed by atoms with E-state index in [-0.39, 0.29) is 5.75 Å². The number of nitrogens with one attached hydrogen (secondary N) is 1. The quantitative estimate of drug-likeness (QED) is 0.858. The van der Waals surface area contributed by atoms with Crippen LogP contribution in [0.3, 0.4) is 0 Å². The Labute approximate surface area is 91.3 Å². The van der Waals surface area contributed by atoms with Crippen molar-refractivity contribution in [3.63, 3.8) is 0 Å². The SMILES string of the molecule is CNC(C)(C)c1cc(Br)cc(F)c1O. The predicted octanol–water partition coefficient (Wildman–Crippen LogP) is 2.75. The molecular weight excluding hydrogens is 249 g/mol. The molecule has 0 unspecified atom stereocenters. The smallest absolute Gasteiger partial charge is 0.166 e. The maximum atomic E-state index is 13.2. The molecule has 0 amide bonds. The monoisotopic (exact) mass is 261 g/mol. The highest BCUT2D eigenvalue weighted by atomic mass is 79.9. The maximum absolute atomic E-state index is 13.2. The third-order valence-electron chi connectivity index (χ3n) is 2.33. The van der Waals surface area contributed by atoms with Crippen LogP contribution in [0.4, 0.5) is 4.39 Å². The van der Waals surface area contributed by atoms with Crippen LogP contribution in [-0.2, 0) is 5.54 Å². The molecule has 78 valence electrons. The van der Waals surface area contributed by atoms with Crippen molar-refractivity contribution in [2.75, 3.05) is 7.05 Å². The molecule has 14 heavy (non-hydrogen) atoms. The Morgan fingerprint density at radius 1 is 1.43 bits per heavy atom. The third kappa shape index (κ3) is 2.07. The lowest BCUT2D eigenvalue weighted by atomic mass is 9.93. The van der Waals surface area contributed by atoms with Crippen molar-refractivity contribution in [2.24, 2.45) is 0 Å². The molecular formula is C10H13BrFNO. The van der Waals surface area contributed by atoms with Crippen LogP contribution in [-0.4, -0.2) is 12.2 Å². The van der Waals surface area contributed by atoms with Gasteiger partial charge in [0, 0.05) is 15.6 Å². The van der Waals surface area contributed by atoms with E-state index in [0.717, 1.165) is 0 Å². The van der Waals surface area contributed by atoms with E-state index >= 15 is 0 Å². The zero-order chi connectivity index (χ0) is 10.9. The summed E-state index contributed by atoms with van der Waals surface area (Å²) in [6.07, 6.45) is 0. The molecule has 0 radical (unpaired) electrons. The fourth-order valence-electron chi connectivity index (χ4n) is 1.18. The van der Waals surface area contributed by atoms with E-state index in [1.807, 2.05) is 13.8 Å². The first-order chi connectivity index (χ1) is 6.38. The molecule has 1 aromatic rings. The Kier molecular flexibility index (Phi) is 3.17. The number of halogens is 2. The molecule has 4 heteroatoms. The minimum Gasteiger partial charge on any atom is -0.505 e. The van der Waals surface area contributed by atoms with Crippen LogP contribution < -0.4 is 5.32 Å². The first-order valence-electron chi connectivity index (χ1n) is 4.26. The third-order valence-corrected chi connectivity index (χ3v) is 2.78. The molecule has 0 saturated carbocycles. The number of rotatable bonds is 2. The van der Waals surface area contributed by atoms with Crippen LogP contribution in [0.2, 0.25) is 0 Å². The van der Waals surface area contributed by atoms with E-state index in [9.17, 15) is 9.50 Å². The van der Waals surface area contributed by atoms with Gasteiger partial charge >= 0.3 is 0 Å². The Hall–Kier alpha value is -0.610. The van der Waals surface area contributed by atoms with Crippen molar-refractivity contribution in [1.29, 1.82) is 0 Å². The maximum Gasteiger partial charge on any atom is 0.166 e. The van der Waals surface area contributed by atoms with Crippen LogP contribution >= 0.6 is 15.9 Å². The molecule has 0 heterocycles. The number of aromatic hydroxyl groups is 1. The molecule has 0 atom stereocenters. The van der Waals surface area contributed by atoms with Gasteiger partial charge in [-0.1, -0.05) is 15.9 Å². The topological polar surface area (TPSA) is 32.3 Å². The summed E-state index contributed by atoms with van der Waals surface area (Å²) in [5.41, 5.74) is 0.0706. The minimum absolute atomic E-state index is 0.299. The largest absolute Gasteiger partial charge is 0.505 e. The van der Waals surface area contributed by atoms with E-state index in [1.165, 1.54) is 6.07 Å². The van der Waals surface area contributed by atoms with Gasteiger partial charge in [0.15, 0.2) is 11.6 Å². The summed E-state index contributed by atoms with van der Waals surface area (Å²) in [6, 6.07) is 2.94. The van der Waals surface area contributed by atoms with E-state index < -0.39 is 11.4 Å². The van der Waals surface area contributed by atoms with E-state index in [0.29, 0.717) is 10.0 Å². The molecule has 0 aliphatic rings. The molecule has 0 aromatic heterocycles. The van der Waals surface area contributed by atoms with Gasteiger partial charge in [0.2, 0.25) is 0 Å². The second-order valence-corrected chi connectivity index (χ2v) is 4.57. The summed E-state index contributed by atoms with van der Waals surface area (Å²) in [7, 11) is 1.76. The van der Waals surface area contributed by atoms with Gasteiger partial charge in [-0.3, -0.25) is 0 Å². The lowest BCUT2D eigenvalue weighted by molar-refractivity contribution is 0.380. The summed E-state index contributed by atoms with van der Waals surface area (Å²) >= 11 is 3.19. The molecule has 1 rings (SSSR count). The molecule has 0 saturated heterocycles. The Bertz CT molecular complexity index is 352. The first kappa shape index (κ1) is 11.5. The van der Waals surface area contributed by atoms with E-state index in [4.69, 9.17) is 0 Å². The van der Waals surface area contributed by atoms with Crippen molar-refractivity contribution in [2.45, 2.75) is 19.4 Å². The molecule has 0 aliphatic heterocycles. The van der Waals surface area contributed by atoms with E-state index in [1.54, 1.807) is 13.1 Å². The van der Waals surface area contributed by atoms with Gasteiger partial charge in [-0.25, -0.2) is 4.39 Å². The van der Waals surface area contributed by atoms with Crippen molar-refractivity contribution in [3.05, 3.63) is 28.0 Å². The van der Waals surface area contributed by atoms with Gasteiger partial charge in [0.25, 0.3) is 0 Å². The zero-order valence-electron chi connectivity index (χ0n) is 8.36. The number of phenols is 1. The summed E-state index contributed by atoms with van der Waals surface area (Å²) in [5.74, 6) is -0.912. The second-order valence-electron chi connectivity index (χ2n) is 3.66. The van der Waals surface area contributed by atoms with Gasteiger partial charge in [0.05, 0.1) is 0 Å². The Morgan fingerprint density at radius 2 is 2.00 bits per heavy atom. The lowest BCUT2D eigenvalue weighted by Crippen LogP contribution is -2.33. The van der Waals surface area contributed by atoms with Crippen LogP contribution in [0, 0.1) is 5.82 Å². The first-order valence-corrected chi connectivity index (χ1v) is 5.05. The Balaban J connectivity index is 3.34. The highest BCUT2D eigenvalue weighted by molar-refractivity contribution is 9.10. The highest BCUT2D eigenvalue weighted by Crippen LogP contribution is 2.33. The molecule has 1 aromatic carbocycles. The van der Waals surface area contributed by atoms with Crippen molar-refractivity contribution in [1.82, 2.24) is 5.32 Å².